The van der Waals surface area contributed by atoms with Gasteiger partial charge in [0, 0.05) is 19.7 Å². The first-order valence-corrected chi connectivity index (χ1v) is 8.10. The molecule has 2 rings (SSSR count). The highest BCUT2D eigenvalue weighted by atomic mass is 35.5. The van der Waals surface area contributed by atoms with Crippen molar-refractivity contribution in [2.24, 2.45) is 0 Å². The molecule has 8 heteroatoms. The van der Waals surface area contributed by atoms with Crippen LogP contribution in [-0.2, 0) is 20.6 Å². The fourth-order valence-corrected chi connectivity index (χ4v) is 4.34. The number of ether oxygens (including phenoxy) is 1. The van der Waals surface area contributed by atoms with E-state index in [1.807, 2.05) is 0 Å². The number of alkyl halides is 1. The molecular weight excluding hydrogens is 290 g/mol. The second-order valence-electron chi connectivity index (χ2n) is 4.60. The van der Waals surface area contributed by atoms with Gasteiger partial charge in [-0.1, -0.05) is 0 Å². The predicted molar refractivity (Wildman–Crippen MR) is 71.7 cm³/mol. The van der Waals surface area contributed by atoms with Gasteiger partial charge in [0.05, 0.1) is 23.9 Å². The first-order chi connectivity index (χ1) is 9.02. The standard InChI is InChI=1S/C11H18ClN3O3S/c1-8-11(10(7-12)14-13-8)19(16,17)15(5-6-18-2)9-3-4-9/h9H,3-7H2,1-2H3,(H,13,14). The number of methoxy groups -OCH3 is 1. The molecule has 108 valence electrons. The molecule has 0 aliphatic heterocycles. The van der Waals surface area contributed by atoms with Crippen molar-refractivity contribution in [3.63, 3.8) is 0 Å². The summed E-state index contributed by atoms with van der Waals surface area (Å²) in [7, 11) is -2.00. The molecule has 0 unspecified atom stereocenters. The molecule has 0 amide bonds. The Bertz CT molecular complexity index is 539. The Balaban J connectivity index is 2.35. The third-order valence-corrected chi connectivity index (χ3v) is 5.53. The second-order valence-corrected chi connectivity index (χ2v) is 6.69. The van der Waals surface area contributed by atoms with Crippen LogP contribution in [0.3, 0.4) is 0 Å². The van der Waals surface area contributed by atoms with Crippen molar-refractivity contribution >= 4 is 21.6 Å². The first kappa shape index (κ1) is 14.8. The van der Waals surface area contributed by atoms with Gasteiger partial charge < -0.3 is 4.74 Å². The molecule has 1 aromatic rings. The van der Waals surface area contributed by atoms with Crippen molar-refractivity contribution in [1.82, 2.24) is 14.5 Å². The number of hydrogen-bond acceptors (Lipinski definition) is 4. The molecule has 0 aromatic carbocycles. The highest BCUT2D eigenvalue weighted by Crippen LogP contribution is 2.33. The predicted octanol–water partition coefficient (Wildman–Crippen LogP) is 1.26. The van der Waals surface area contributed by atoms with E-state index in [2.05, 4.69) is 10.2 Å². The summed E-state index contributed by atoms with van der Waals surface area (Å²) in [5, 5.41) is 6.64. The summed E-state index contributed by atoms with van der Waals surface area (Å²) in [6.07, 6.45) is 1.80. The number of rotatable bonds is 7. The molecule has 1 aromatic heterocycles. The van der Waals surface area contributed by atoms with Crippen molar-refractivity contribution in [2.45, 2.75) is 36.6 Å². The Morgan fingerprint density at radius 2 is 2.21 bits per heavy atom. The minimum Gasteiger partial charge on any atom is -0.383 e. The topological polar surface area (TPSA) is 75.3 Å². The van der Waals surface area contributed by atoms with E-state index in [0.29, 0.717) is 24.5 Å². The number of aromatic amines is 1. The van der Waals surface area contributed by atoms with E-state index in [0.717, 1.165) is 12.8 Å². The Labute approximate surface area is 118 Å². The minimum atomic E-state index is -3.57. The first-order valence-electron chi connectivity index (χ1n) is 6.13. The summed E-state index contributed by atoms with van der Waals surface area (Å²) in [5.41, 5.74) is 0.904. The van der Waals surface area contributed by atoms with Gasteiger partial charge in [0.25, 0.3) is 0 Å². The quantitative estimate of drug-likeness (QED) is 0.769. The van der Waals surface area contributed by atoms with Gasteiger partial charge >= 0.3 is 0 Å². The number of sulfonamides is 1. The molecule has 1 saturated carbocycles. The number of aromatic nitrogens is 2. The summed E-state index contributed by atoms with van der Waals surface area (Å²) in [5.74, 6) is 0.0711. The summed E-state index contributed by atoms with van der Waals surface area (Å²) in [4.78, 5) is 0.213. The molecule has 0 saturated heterocycles. The Hall–Kier alpha value is -0.630. The van der Waals surface area contributed by atoms with Crippen LogP contribution in [0.1, 0.15) is 24.2 Å². The lowest BCUT2D eigenvalue weighted by molar-refractivity contribution is 0.177. The smallest absolute Gasteiger partial charge is 0.247 e. The highest BCUT2D eigenvalue weighted by molar-refractivity contribution is 7.89. The third kappa shape index (κ3) is 2.94. The fourth-order valence-electron chi connectivity index (χ4n) is 2.06. The summed E-state index contributed by atoms with van der Waals surface area (Å²) in [6, 6.07) is 0.0811. The molecule has 6 nitrogen and oxygen atoms in total. The molecule has 1 heterocycles. The van der Waals surface area contributed by atoms with E-state index in [-0.39, 0.29) is 16.8 Å². The lowest BCUT2D eigenvalue weighted by atomic mass is 10.4. The normalized spacial score (nSPS) is 16.2. The van der Waals surface area contributed by atoms with Crippen LogP contribution in [-0.4, -0.2) is 49.2 Å². The fraction of sp³-hybridized carbons (Fsp3) is 0.727. The second kappa shape index (κ2) is 5.78. The van der Waals surface area contributed by atoms with E-state index in [1.165, 1.54) is 4.31 Å². The van der Waals surface area contributed by atoms with Crippen LogP contribution in [0.2, 0.25) is 0 Å². The monoisotopic (exact) mass is 307 g/mol. The van der Waals surface area contributed by atoms with Crippen LogP contribution in [0.15, 0.2) is 4.90 Å². The van der Waals surface area contributed by atoms with Crippen LogP contribution in [0.25, 0.3) is 0 Å². The minimum absolute atomic E-state index is 0.0711. The largest absolute Gasteiger partial charge is 0.383 e. The van der Waals surface area contributed by atoms with Crippen LogP contribution in [0.4, 0.5) is 0 Å². The van der Waals surface area contributed by atoms with E-state index in [1.54, 1.807) is 14.0 Å². The third-order valence-electron chi connectivity index (χ3n) is 3.12. The molecular formula is C11H18ClN3O3S. The van der Waals surface area contributed by atoms with Crippen LogP contribution in [0.5, 0.6) is 0 Å². The molecule has 1 N–H and O–H groups in total. The Morgan fingerprint density at radius 1 is 1.53 bits per heavy atom. The number of hydrogen-bond donors (Lipinski definition) is 1. The van der Waals surface area contributed by atoms with Gasteiger partial charge in [-0.05, 0) is 19.8 Å². The maximum atomic E-state index is 12.7. The maximum Gasteiger partial charge on any atom is 0.247 e. The van der Waals surface area contributed by atoms with Gasteiger partial charge in [0.2, 0.25) is 10.0 Å². The summed E-state index contributed by atoms with van der Waals surface area (Å²) in [6.45, 7) is 2.43. The average Bonchev–Trinajstić information content (AvgIpc) is 3.11. The summed E-state index contributed by atoms with van der Waals surface area (Å²) >= 11 is 5.77. The van der Waals surface area contributed by atoms with Gasteiger partial charge in [0.15, 0.2) is 0 Å². The SMILES string of the molecule is COCCN(C1CC1)S(=O)(=O)c1c(CCl)n[nH]c1C. The van der Waals surface area contributed by atoms with Gasteiger partial charge in [-0.15, -0.1) is 11.6 Å². The van der Waals surface area contributed by atoms with Gasteiger partial charge in [-0.25, -0.2) is 8.42 Å². The average molecular weight is 308 g/mol. The van der Waals surface area contributed by atoms with Crippen LogP contribution >= 0.6 is 11.6 Å². The van der Waals surface area contributed by atoms with Gasteiger partial charge in [-0.2, -0.15) is 9.40 Å². The number of nitrogens with zero attached hydrogens (tertiary/aromatic N) is 2. The molecule has 0 radical (unpaired) electrons. The molecule has 1 aliphatic carbocycles. The van der Waals surface area contributed by atoms with Crippen molar-refractivity contribution in [2.75, 3.05) is 20.3 Å². The Morgan fingerprint density at radius 3 is 2.74 bits per heavy atom. The highest BCUT2D eigenvalue weighted by Gasteiger charge is 2.40. The molecule has 0 atom stereocenters. The van der Waals surface area contributed by atoms with Crippen LogP contribution < -0.4 is 0 Å². The van der Waals surface area contributed by atoms with Crippen LogP contribution in [0, 0.1) is 6.92 Å². The molecule has 1 fully saturated rings. The van der Waals surface area contributed by atoms with Crippen molar-refractivity contribution in [1.29, 1.82) is 0 Å². The number of nitrogens with one attached hydrogen (secondary N) is 1. The molecule has 19 heavy (non-hydrogen) atoms. The molecule has 1 aliphatic rings. The number of aryl methyl sites for hydroxylation is 1. The lowest BCUT2D eigenvalue weighted by Crippen LogP contribution is -2.36. The molecule has 0 bridgehead atoms. The zero-order valence-electron chi connectivity index (χ0n) is 11.0. The van der Waals surface area contributed by atoms with E-state index in [4.69, 9.17) is 16.3 Å². The maximum absolute atomic E-state index is 12.7. The van der Waals surface area contributed by atoms with E-state index in [9.17, 15) is 8.42 Å². The zero-order valence-corrected chi connectivity index (χ0v) is 12.6. The zero-order chi connectivity index (χ0) is 14.0. The van der Waals surface area contributed by atoms with Crippen molar-refractivity contribution in [3.8, 4) is 0 Å². The number of halogens is 1. The number of H-pyrrole nitrogens is 1. The summed E-state index contributed by atoms with van der Waals surface area (Å²) < 4.78 is 32.0. The molecule has 0 spiro atoms. The van der Waals surface area contributed by atoms with Crippen molar-refractivity contribution in [3.05, 3.63) is 11.4 Å². The van der Waals surface area contributed by atoms with Gasteiger partial charge in [-0.3, -0.25) is 5.10 Å². The van der Waals surface area contributed by atoms with Crippen molar-refractivity contribution < 1.29 is 13.2 Å². The van der Waals surface area contributed by atoms with E-state index < -0.39 is 10.0 Å². The Kier molecular flexibility index (Phi) is 4.50. The van der Waals surface area contributed by atoms with Gasteiger partial charge in [0.1, 0.15) is 4.90 Å². The van der Waals surface area contributed by atoms with E-state index >= 15 is 0 Å². The lowest BCUT2D eigenvalue weighted by Gasteiger charge is -2.21.